The zero-order chi connectivity index (χ0) is 11.0. The van der Waals surface area contributed by atoms with E-state index in [9.17, 15) is 4.79 Å². The summed E-state index contributed by atoms with van der Waals surface area (Å²) in [5, 5.41) is 11.9. The van der Waals surface area contributed by atoms with E-state index in [0.717, 1.165) is 16.7 Å². The molecule has 0 unspecified atom stereocenters. The fraction of sp³-hybridized carbons (Fsp3) is 0.182. The summed E-state index contributed by atoms with van der Waals surface area (Å²) in [5.41, 5.74) is 2.12. The van der Waals surface area contributed by atoms with E-state index in [2.05, 4.69) is 5.32 Å². The minimum absolute atomic E-state index is 0.483. The van der Waals surface area contributed by atoms with Gasteiger partial charge in [0.25, 0.3) is 0 Å². The van der Waals surface area contributed by atoms with Gasteiger partial charge < -0.3 is 9.52 Å². The summed E-state index contributed by atoms with van der Waals surface area (Å²) < 4.78 is 5.50. The highest BCUT2D eigenvalue weighted by Crippen LogP contribution is 2.30. The van der Waals surface area contributed by atoms with Gasteiger partial charge >= 0.3 is 6.09 Å². The molecule has 0 saturated heterocycles. The van der Waals surface area contributed by atoms with Gasteiger partial charge in [-0.05, 0) is 25.5 Å². The predicted octanol–water partition coefficient (Wildman–Crippen LogP) is 3.14. The highest BCUT2D eigenvalue weighted by atomic mass is 16.4. The number of furan rings is 1. The molecule has 0 radical (unpaired) electrons. The molecule has 78 valence electrons. The molecule has 4 nitrogen and oxygen atoms in total. The van der Waals surface area contributed by atoms with Gasteiger partial charge in [0.1, 0.15) is 5.76 Å². The molecule has 1 aromatic carbocycles. The molecule has 0 aliphatic rings. The number of amides is 1. The lowest BCUT2D eigenvalue weighted by Gasteiger charge is -2.00. The highest BCUT2D eigenvalue weighted by Gasteiger charge is 2.11. The van der Waals surface area contributed by atoms with Crippen LogP contribution in [0.1, 0.15) is 11.3 Å². The van der Waals surface area contributed by atoms with Gasteiger partial charge in [0, 0.05) is 5.39 Å². The lowest BCUT2D eigenvalue weighted by atomic mass is 10.1. The Kier molecular flexibility index (Phi) is 2.11. The smallest absolute Gasteiger partial charge is 0.409 e. The minimum atomic E-state index is -1.09. The first kappa shape index (κ1) is 9.58. The van der Waals surface area contributed by atoms with Gasteiger partial charge in [-0.25, -0.2) is 4.79 Å². The van der Waals surface area contributed by atoms with Crippen molar-refractivity contribution in [2.75, 3.05) is 5.32 Å². The predicted molar refractivity (Wildman–Crippen MR) is 57.3 cm³/mol. The van der Waals surface area contributed by atoms with Crippen LogP contribution < -0.4 is 5.32 Å². The molecule has 0 spiro atoms. The van der Waals surface area contributed by atoms with E-state index >= 15 is 0 Å². The van der Waals surface area contributed by atoms with Crippen molar-refractivity contribution in [3.8, 4) is 0 Å². The van der Waals surface area contributed by atoms with Crippen molar-refractivity contribution in [3.05, 3.63) is 29.5 Å². The molecule has 2 N–H and O–H groups in total. The van der Waals surface area contributed by atoms with Crippen molar-refractivity contribution in [3.63, 3.8) is 0 Å². The van der Waals surface area contributed by atoms with Crippen LogP contribution in [-0.2, 0) is 0 Å². The van der Waals surface area contributed by atoms with Crippen LogP contribution in [-0.4, -0.2) is 11.2 Å². The second-order valence-electron chi connectivity index (χ2n) is 3.40. The lowest BCUT2D eigenvalue weighted by Crippen LogP contribution is -2.07. The van der Waals surface area contributed by atoms with Crippen LogP contribution in [0.15, 0.2) is 22.6 Å². The fourth-order valence-electron chi connectivity index (χ4n) is 1.58. The Labute approximate surface area is 86.5 Å². The van der Waals surface area contributed by atoms with Gasteiger partial charge in [-0.1, -0.05) is 12.1 Å². The molecule has 0 aliphatic heterocycles. The third-order valence-electron chi connectivity index (χ3n) is 2.44. The highest BCUT2D eigenvalue weighted by molar-refractivity contribution is 5.98. The molecule has 1 heterocycles. The van der Waals surface area contributed by atoms with Crippen LogP contribution in [0.2, 0.25) is 0 Å². The number of fused-ring (bicyclic) bond motifs is 1. The van der Waals surface area contributed by atoms with Gasteiger partial charge in [-0.3, -0.25) is 5.32 Å². The molecule has 1 aromatic heterocycles. The Hall–Kier alpha value is -1.97. The average Bonchev–Trinajstić information content (AvgIpc) is 2.45. The Morgan fingerprint density at radius 3 is 2.80 bits per heavy atom. The second kappa shape index (κ2) is 3.31. The van der Waals surface area contributed by atoms with E-state index in [4.69, 9.17) is 9.52 Å². The van der Waals surface area contributed by atoms with Gasteiger partial charge in [0.2, 0.25) is 0 Å². The second-order valence-corrected chi connectivity index (χ2v) is 3.40. The maximum Gasteiger partial charge on any atom is 0.409 e. The zero-order valence-corrected chi connectivity index (χ0v) is 8.50. The molecule has 0 aliphatic carbocycles. The first-order valence-electron chi connectivity index (χ1n) is 4.58. The lowest BCUT2D eigenvalue weighted by molar-refractivity contribution is 0.209. The van der Waals surface area contributed by atoms with Crippen LogP contribution in [0, 0.1) is 13.8 Å². The van der Waals surface area contributed by atoms with Gasteiger partial charge in [0.05, 0.1) is 5.69 Å². The average molecular weight is 205 g/mol. The van der Waals surface area contributed by atoms with E-state index in [1.807, 2.05) is 19.9 Å². The summed E-state index contributed by atoms with van der Waals surface area (Å²) in [6.07, 6.45) is -1.09. The van der Waals surface area contributed by atoms with Gasteiger partial charge in [-0.2, -0.15) is 0 Å². The monoisotopic (exact) mass is 205 g/mol. The SMILES string of the molecule is Cc1oc2c(NC(=O)O)cccc2c1C. The third kappa shape index (κ3) is 1.54. The van der Waals surface area contributed by atoms with E-state index in [-0.39, 0.29) is 0 Å². The zero-order valence-electron chi connectivity index (χ0n) is 8.50. The van der Waals surface area contributed by atoms with Crippen molar-refractivity contribution >= 4 is 22.7 Å². The first-order valence-corrected chi connectivity index (χ1v) is 4.58. The Morgan fingerprint density at radius 1 is 1.40 bits per heavy atom. The Balaban J connectivity index is 2.65. The normalized spacial score (nSPS) is 10.5. The molecule has 1 amide bonds. The maximum atomic E-state index is 10.6. The summed E-state index contributed by atoms with van der Waals surface area (Å²) in [6, 6.07) is 5.39. The molecule has 0 atom stereocenters. The molecule has 2 rings (SSSR count). The topological polar surface area (TPSA) is 62.5 Å². The number of aryl methyl sites for hydroxylation is 2. The molecule has 4 heteroatoms. The van der Waals surface area contributed by atoms with Gasteiger partial charge in [-0.15, -0.1) is 0 Å². The Bertz CT molecular complexity index is 528. The van der Waals surface area contributed by atoms with Crippen LogP contribution in [0.5, 0.6) is 0 Å². The standard InChI is InChI=1S/C11H11NO3/c1-6-7(2)15-10-8(6)4-3-5-9(10)12-11(13)14/h3-5,12H,1-2H3,(H,13,14). The van der Waals surface area contributed by atoms with Crippen molar-refractivity contribution < 1.29 is 14.3 Å². The first-order chi connectivity index (χ1) is 7.09. The van der Waals surface area contributed by atoms with Crippen LogP contribution >= 0.6 is 0 Å². The molecule has 15 heavy (non-hydrogen) atoms. The summed E-state index contributed by atoms with van der Waals surface area (Å²) in [5.74, 6) is 0.810. The molecule has 0 bridgehead atoms. The number of nitrogens with one attached hydrogen (secondary N) is 1. The number of para-hydroxylation sites is 1. The third-order valence-corrected chi connectivity index (χ3v) is 2.44. The molecule has 0 saturated carbocycles. The van der Waals surface area contributed by atoms with Crippen molar-refractivity contribution in [1.29, 1.82) is 0 Å². The Morgan fingerprint density at radius 2 is 2.13 bits per heavy atom. The number of hydrogen-bond donors (Lipinski definition) is 2. The molecule has 0 fully saturated rings. The maximum absolute atomic E-state index is 10.6. The number of benzene rings is 1. The summed E-state index contributed by atoms with van der Waals surface area (Å²) in [7, 11) is 0. The van der Waals surface area contributed by atoms with Crippen LogP contribution in [0.3, 0.4) is 0 Å². The molecule has 2 aromatic rings. The van der Waals surface area contributed by atoms with E-state index in [1.54, 1.807) is 12.1 Å². The number of anilines is 1. The molecular weight excluding hydrogens is 194 g/mol. The summed E-state index contributed by atoms with van der Waals surface area (Å²) in [4.78, 5) is 10.6. The molecular formula is C11H11NO3. The van der Waals surface area contributed by atoms with E-state index in [0.29, 0.717) is 11.3 Å². The van der Waals surface area contributed by atoms with Crippen molar-refractivity contribution in [2.45, 2.75) is 13.8 Å². The van der Waals surface area contributed by atoms with Crippen molar-refractivity contribution in [1.82, 2.24) is 0 Å². The quantitative estimate of drug-likeness (QED) is 0.751. The number of hydrogen-bond acceptors (Lipinski definition) is 2. The summed E-state index contributed by atoms with van der Waals surface area (Å²) in [6.45, 7) is 3.81. The largest absolute Gasteiger partial charge is 0.465 e. The number of rotatable bonds is 1. The summed E-state index contributed by atoms with van der Waals surface area (Å²) >= 11 is 0. The minimum Gasteiger partial charge on any atom is -0.465 e. The number of carbonyl (C=O) groups is 1. The number of carboxylic acid groups (broad SMARTS) is 1. The van der Waals surface area contributed by atoms with E-state index in [1.165, 1.54) is 0 Å². The fourth-order valence-corrected chi connectivity index (χ4v) is 1.58. The van der Waals surface area contributed by atoms with Crippen LogP contribution in [0.4, 0.5) is 10.5 Å². The van der Waals surface area contributed by atoms with E-state index < -0.39 is 6.09 Å². The van der Waals surface area contributed by atoms with Crippen LogP contribution in [0.25, 0.3) is 11.0 Å². The van der Waals surface area contributed by atoms with Crippen molar-refractivity contribution in [2.24, 2.45) is 0 Å². The van der Waals surface area contributed by atoms with Gasteiger partial charge in [0.15, 0.2) is 5.58 Å².